The number of anilines is 1. The minimum atomic E-state index is -3.76. The number of halogens is 2. The maximum absolute atomic E-state index is 12.9. The van der Waals surface area contributed by atoms with E-state index in [9.17, 15) is 8.42 Å². The van der Waals surface area contributed by atoms with Gasteiger partial charge in [-0.3, -0.25) is 0 Å². The van der Waals surface area contributed by atoms with Gasteiger partial charge in [0.1, 0.15) is 4.90 Å². The van der Waals surface area contributed by atoms with E-state index in [0.717, 1.165) is 24.3 Å². The molecule has 1 aliphatic rings. The monoisotopic (exact) mass is 414 g/mol. The van der Waals surface area contributed by atoms with Crippen LogP contribution in [0.5, 0.6) is 0 Å². The zero-order chi connectivity index (χ0) is 18.7. The summed E-state index contributed by atoms with van der Waals surface area (Å²) in [6.07, 6.45) is 0. The van der Waals surface area contributed by atoms with Gasteiger partial charge in [-0.15, -0.1) is 0 Å². The second kappa shape index (κ2) is 8.15. The van der Waals surface area contributed by atoms with Crippen molar-refractivity contribution in [3.63, 3.8) is 0 Å². The summed E-state index contributed by atoms with van der Waals surface area (Å²) in [4.78, 5) is 2.23. The van der Waals surface area contributed by atoms with E-state index in [4.69, 9.17) is 27.9 Å². The van der Waals surface area contributed by atoms with Crippen molar-refractivity contribution in [3.8, 4) is 0 Å². The lowest BCUT2D eigenvalue weighted by atomic mass is 10.1. The average molecular weight is 415 g/mol. The van der Waals surface area contributed by atoms with Gasteiger partial charge < -0.3 is 9.64 Å². The lowest BCUT2D eigenvalue weighted by Gasteiger charge is -2.31. The number of hydrogen-bond acceptors (Lipinski definition) is 4. The molecule has 0 saturated carbocycles. The van der Waals surface area contributed by atoms with E-state index >= 15 is 0 Å². The Morgan fingerprint density at radius 1 is 1.08 bits per heavy atom. The third-order valence-corrected chi connectivity index (χ3v) is 7.12. The van der Waals surface area contributed by atoms with Crippen molar-refractivity contribution in [2.45, 2.75) is 11.4 Å². The third-order valence-electron chi connectivity index (χ3n) is 4.34. The van der Waals surface area contributed by atoms with Crippen molar-refractivity contribution >= 4 is 38.9 Å². The maximum Gasteiger partial charge on any atom is 0.244 e. The van der Waals surface area contributed by atoms with Gasteiger partial charge in [0.15, 0.2) is 0 Å². The Bertz CT molecular complexity index is 884. The van der Waals surface area contributed by atoms with Crippen LogP contribution in [0.1, 0.15) is 5.56 Å². The van der Waals surface area contributed by atoms with E-state index < -0.39 is 10.0 Å². The van der Waals surface area contributed by atoms with E-state index in [1.165, 1.54) is 10.4 Å². The van der Waals surface area contributed by atoms with Crippen LogP contribution < -0.4 is 4.90 Å². The van der Waals surface area contributed by atoms with Crippen LogP contribution in [0.2, 0.25) is 10.0 Å². The predicted octanol–water partition coefficient (Wildman–Crippen LogP) is 3.65. The Labute approximate surface area is 164 Å². The fraction of sp³-hybridized carbons (Fsp3) is 0.333. The highest BCUT2D eigenvalue weighted by Crippen LogP contribution is 2.32. The van der Waals surface area contributed by atoms with Gasteiger partial charge in [0.2, 0.25) is 10.0 Å². The molecule has 0 amide bonds. The van der Waals surface area contributed by atoms with Crippen molar-refractivity contribution < 1.29 is 13.2 Å². The summed E-state index contributed by atoms with van der Waals surface area (Å²) in [6, 6.07) is 12.4. The number of para-hydroxylation sites is 1. The van der Waals surface area contributed by atoms with Gasteiger partial charge in [-0.2, -0.15) is 4.31 Å². The molecule has 0 N–H and O–H groups in total. The van der Waals surface area contributed by atoms with E-state index in [-0.39, 0.29) is 21.5 Å². The number of rotatable bonds is 5. The summed E-state index contributed by atoms with van der Waals surface area (Å²) in [5.41, 5.74) is 1.95. The van der Waals surface area contributed by atoms with Crippen molar-refractivity contribution in [3.05, 3.63) is 58.1 Å². The SMILES string of the molecule is CN(Cc1ccccc1N1CCOCC1)S(=O)(=O)c1cccc(Cl)c1Cl. The van der Waals surface area contributed by atoms with Crippen LogP contribution in [0.25, 0.3) is 0 Å². The molecule has 1 heterocycles. The molecule has 8 heteroatoms. The Kier molecular flexibility index (Phi) is 6.10. The Morgan fingerprint density at radius 2 is 1.77 bits per heavy atom. The summed E-state index contributed by atoms with van der Waals surface area (Å²) in [5, 5.41) is 0.261. The summed E-state index contributed by atoms with van der Waals surface area (Å²) < 4.78 is 32.6. The van der Waals surface area contributed by atoms with Crippen LogP contribution in [0, 0.1) is 0 Å². The molecule has 26 heavy (non-hydrogen) atoms. The first-order chi connectivity index (χ1) is 12.4. The number of nitrogens with zero attached hydrogens (tertiary/aromatic N) is 2. The van der Waals surface area contributed by atoms with Crippen molar-refractivity contribution in [1.29, 1.82) is 0 Å². The van der Waals surface area contributed by atoms with Gasteiger partial charge >= 0.3 is 0 Å². The average Bonchev–Trinajstić information content (AvgIpc) is 2.65. The van der Waals surface area contributed by atoms with Crippen LogP contribution >= 0.6 is 23.2 Å². The molecular weight excluding hydrogens is 395 g/mol. The summed E-state index contributed by atoms with van der Waals surface area (Å²) >= 11 is 12.1. The lowest BCUT2D eigenvalue weighted by molar-refractivity contribution is 0.122. The zero-order valence-electron chi connectivity index (χ0n) is 14.4. The molecule has 0 aliphatic carbocycles. The Hall–Kier alpha value is -1.31. The summed E-state index contributed by atoms with van der Waals surface area (Å²) in [5.74, 6) is 0. The van der Waals surface area contributed by atoms with Crippen LogP contribution in [0.15, 0.2) is 47.4 Å². The third kappa shape index (κ3) is 4.00. The first-order valence-electron chi connectivity index (χ1n) is 8.22. The second-order valence-corrected chi connectivity index (χ2v) is 8.84. The molecule has 140 valence electrons. The van der Waals surface area contributed by atoms with Crippen LogP contribution in [0.3, 0.4) is 0 Å². The molecule has 2 aromatic carbocycles. The first kappa shape index (κ1) is 19.5. The largest absolute Gasteiger partial charge is 0.378 e. The smallest absolute Gasteiger partial charge is 0.244 e. The van der Waals surface area contributed by atoms with Gasteiger partial charge in [-0.05, 0) is 23.8 Å². The molecule has 0 radical (unpaired) electrons. The van der Waals surface area contributed by atoms with Crippen LogP contribution in [-0.2, 0) is 21.3 Å². The normalized spacial score (nSPS) is 15.5. The molecule has 0 atom stereocenters. The molecule has 1 aliphatic heterocycles. The van der Waals surface area contributed by atoms with Crippen molar-refractivity contribution in [1.82, 2.24) is 4.31 Å². The molecule has 2 aromatic rings. The van der Waals surface area contributed by atoms with E-state index in [0.29, 0.717) is 13.2 Å². The molecule has 0 spiro atoms. The molecule has 1 saturated heterocycles. The maximum atomic E-state index is 12.9. The molecule has 0 bridgehead atoms. The molecular formula is C18H20Cl2N2O3S. The number of morpholine rings is 1. The highest BCUT2D eigenvalue weighted by atomic mass is 35.5. The van der Waals surface area contributed by atoms with Gasteiger partial charge in [-0.25, -0.2) is 8.42 Å². The van der Waals surface area contributed by atoms with Crippen molar-refractivity contribution in [2.75, 3.05) is 38.3 Å². The zero-order valence-corrected chi connectivity index (χ0v) is 16.7. The number of ether oxygens (including phenoxy) is 1. The van der Waals surface area contributed by atoms with E-state index in [1.54, 1.807) is 19.2 Å². The number of hydrogen-bond donors (Lipinski definition) is 0. The summed E-state index contributed by atoms with van der Waals surface area (Å²) in [7, 11) is -2.22. The number of sulfonamides is 1. The standard InChI is InChI=1S/C18H20Cl2N2O3S/c1-21(26(23,24)17-8-4-6-15(19)18(17)20)13-14-5-2-3-7-16(14)22-9-11-25-12-10-22/h2-8H,9-13H2,1H3. The first-order valence-corrected chi connectivity index (χ1v) is 10.4. The quantitative estimate of drug-likeness (QED) is 0.748. The topological polar surface area (TPSA) is 49.9 Å². The van der Waals surface area contributed by atoms with Gasteiger partial charge in [0.05, 0.1) is 23.3 Å². The minimum absolute atomic E-state index is 0.0121. The molecule has 5 nitrogen and oxygen atoms in total. The fourth-order valence-electron chi connectivity index (χ4n) is 2.93. The van der Waals surface area contributed by atoms with Crippen LogP contribution in [-0.4, -0.2) is 46.1 Å². The van der Waals surface area contributed by atoms with Crippen molar-refractivity contribution in [2.24, 2.45) is 0 Å². The summed E-state index contributed by atoms with van der Waals surface area (Å²) in [6.45, 7) is 3.14. The predicted molar refractivity (Wildman–Crippen MR) is 105 cm³/mol. The number of benzene rings is 2. The van der Waals surface area contributed by atoms with E-state index in [2.05, 4.69) is 4.90 Å². The lowest BCUT2D eigenvalue weighted by Crippen LogP contribution is -2.37. The highest BCUT2D eigenvalue weighted by molar-refractivity contribution is 7.89. The molecule has 0 aromatic heterocycles. The Morgan fingerprint density at radius 3 is 2.50 bits per heavy atom. The molecule has 3 rings (SSSR count). The van der Waals surface area contributed by atoms with Gasteiger partial charge in [0, 0.05) is 32.4 Å². The highest BCUT2D eigenvalue weighted by Gasteiger charge is 2.26. The minimum Gasteiger partial charge on any atom is -0.378 e. The molecule has 0 unspecified atom stereocenters. The van der Waals surface area contributed by atoms with Gasteiger partial charge in [-0.1, -0.05) is 47.5 Å². The fourth-order valence-corrected chi connectivity index (χ4v) is 4.81. The van der Waals surface area contributed by atoms with Crippen LogP contribution in [0.4, 0.5) is 5.69 Å². The molecule has 1 fully saturated rings. The van der Waals surface area contributed by atoms with Gasteiger partial charge in [0.25, 0.3) is 0 Å². The second-order valence-electron chi connectivity index (χ2n) is 6.04. The Balaban J connectivity index is 1.88. The van der Waals surface area contributed by atoms with E-state index in [1.807, 2.05) is 24.3 Å².